The minimum atomic E-state index is 0.423. The second-order valence-corrected chi connectivity index (χ2v) is 11.2. The lowest BCUT2D eigenvalue weighted by Crippen LogP contribution is -2.35. The molecular formula is C29H45N9. The molecule has 3 N–H and O–H groups in total. The van der Waals surface area contributed by atoms with Crippen LogP contribution in [-0.4, -0.2) is 49.3 Å². The Labute approximate surface area is 227 Å². The maximum Gasteiger partial charge on any atom is 0.225 e. The molecule has 1 aliphatic carbocycles. The van der Waals surface area contributed by atoms with E-state index in [2.05, 4.69) is 37.5 Å². The third-order valence-electron chi connectivity index (χ3n) is 8.25. The number of unbranched alkanes of at least 4 members (excludes halogenated alkanes) is 5. The lowest BCUT2D eigenvalue weighted by atomic mass is 9.85. The number of aromatic nitrogens is 6. The third-order valence-corrected chi connectivity index (χ3v) is 8.25. The summed E-state index contributed by atoms with van der Waals surface area (Å²) in [6.45, 7) is 3.43. The smallest absolute Gasteiger partial charge is 0.225 e. The molecule has 0 amide bonds. The predicted molar refractivity (Wildman–Crippen MR) is 153 cm³/mol. The van der Waals surface area contributed by atoms with E-state index in [9.17, 15) is 0 Å². The predicted octanol–water partition coefficient (Wildman–Crippen LogP) is 5.70. The average molecular weight is 520 g/mol. The monoisotopic (exact) mass is 519 g/mol. The van der Waals surface area contributed by atoms with E-state index in [0.717, 1.165) is 67.4 Å². The number of fused-ring (bicyclic) bond motifs is 1. The van der Waals surface area contributed by atoms with Crippen molar-refractivity contribution in [3.8, 4) is 0 Å². The first-order chi connectivity index (χ1) is 18.8. The Bertz CT molecular complexity index is 1100. The van der Waals surface area contributed by atoms with Crippen molar-refractivity contribution in [3.05, 3.63) is 30.1 Å². The molecule has 1 saturated carbocycles. The van der Waals surface area contributed by atoms with Crippen molar-refractivity contribution in [1.29, 1.82) is 0 Å². The Hall–Kier alpha value is -2.81. The van der Waals surface area contributed by atoms with Gasteiger partial charge in [0, 0.05) is 18.0 Å². The maximum absolute atomic E-state index is 4.83. The van der Waals surface area contributed by atoms with E-state index in [4.69, 9.17) is 9.97 Å². The van der Waals surface area contributed by atoms with Crippen LogP contribution in [0.15, 0.2) is 24.3 Å². The number of piperidine rings is 1. The summed E-state index contributed by atoms with van der Waals surface area (Å²) < 4.78 is 1.92. The molecule has 0 atom stereocenters. The van der Waals surface area contributed by atoms with Crippen LogP contribution < -0.4 is 16.0 Å². The van der Waals surface area contributed by atoms with E-state index >= 15 is 0 Å². The molecule has 3 aromatic rings. The number of tetrazole rings is 1. The van der Waals surface area contributed by atoms with Gasteiger partial charge in [-0.05, 0) is 60.8 Å². The molecule has 38 heavy (non-hydrogen) atoms. The molecule has 1 saturated heterocycles. The van der Waals surface area contributed by atoms with Gasteiger partial charge in [-0.3, -0.25) is 0 Å². The molecule has 206 valence electrons. The number of hydrogen-bond donors (Lipinski definition) is 3. The SMILES string of the molecule is c1ccc2c(NC3CCNCC3)nc(NCc3nnnn3CCCCCCCCC3CCCCC3)nc2c1. The van der Waals surface area contributed by atoms with Gasteiger partial charge in [-0.25, -0.2) is 9.67 Å². The molecule has 1 aliphatic heterocycles. The van der Waals surface area contributed by atoms with Crippen LogP contribution in [0.25, 0.3) is 10.9 Å². The molecule has 0 spiro atoms. The normalized spacial score (nSPS) is 17.2. The zero-order valence-corrected chi connectivity index (χ0v) is 22.9. The van der Waals surface area contributed by atoms with Gasteiger partial charge >= 0.3 is 0 Å². The van der Waals surface area contributed by atoms with Crippen LogP contribution in [0, 0.1) is 5.92 Å². The summed E-state index contributed by atoms with van der Waals surface area (Å²) in [5.74, 6) is 3.33. The molecule has 2 aliphatic rings. The van der Waals surface area contributed by atoms with E-state index in [-0.39, 0.29) is 0 Å². The van der Waals surface area contributed by atoms with Crippen LogP contribution >= 0.6 is 0 Å². The van der Waals surface area contributed by atoms with Crippen molar-refractivity contribution in [3.63, 3.8) is 0 Å². The molecule has 1 aromatic carbocycles. The highest BCUT2D eigenvalue weighted by molar-refractivity contribution is 5.90. The van der Waals surface area contributed by atoms with Gasteiger partial charge in [0.25, 0.3) is 0 Å². The van der Waals surface area contributed by atoms with Crippen LogP contribution in [0.2, 0.25) is 0 Å². The first-order valence-electron chi connectivity index (χ1n) is 15.1. The summed E-state index contributed by atoms with van der Waals surface area (Å²) in [6, 6.07) is 8.60. The van der Waals surface area contributed by atoms with Crippen molar-refractivity contribution in [2.24, 2.45) is 5.92 Å². The van der Waals surface area contributed by atoms with Gasteiger partial charge < -0.3 is 16.0 Å². The highest BCUT2D eigenvalue weighted by Crippen LogP contribution is 2.28. The van der Waals surface area contributed by atoms with Crippen molar-refractivity contribution in [2.75, 3.05) is 23.7 Å². The highest BCUT2D eigenvalue weighted by Gasteiger charge is 2.16. The summed E-state index contributed by atoms with van der Waals surface area (Å²) in [7, 11) is 0. The topological polar surface area (TPSA) is 105 Å². The fourth-order valence-corrected chi connectivity index (χ4v) is 5.98. The van der Waals surface area contributed by atoms with Crippen LogP contribution in [0.3, 0.4) is 0 Å². The number of rotatable bonds is 14. The van der Waals surface area contributed by atoms with Crippen LogP contribution in [0.1, 0.15) is 95.7 Å². The van der Waals surface area contributed by atoms with Crippen molar-refractivity contribution in [1.82, 2.24) is 35.5 Å². The van der Waals surface area contributed by atoms with Gasteiger partial charge in [0.05, 0.1) is 12.1 Å². The van der Waals surface area contributed by atoms with Crippen molar-refractivity contribution in [2.45, 2.75) is 109 Å². The first kappa shape index (κ1) is 26.8. The largest absolute Gasteiger partial charge is 0.367 e. The molecule has 9 nitrogen and oxygen atoms in total. The molecule has 0 unspecified atom stereocenters. The van der Waals surface area contributed by atoms with E-state index < -0.39 is 0 Å². The zero-order valence-electron chi connectivity index (χ0n) is 22.9. The van der Waals surface area contributed by atoms with Gasteiger partial charge in [-0.1, -0.05) is 82.8 Å². The molecule has 2 aromatic heterocycles. The van der Waals surface area contributed by atoms with Crippen molar-refractivity contribution < 1.29 is 0 Å². The minimum Gasteiger partial charge on any atom is -0.367 e. The van der Waals surface area contributed by atoms with E-state index in [1.807, 2.05) is 22.9 Å². The Morgan fingerprint density at radius 1 is 0.868 bits per heavy atom. The maximum atomic E-state index is 4.83. The second kappa shape index (κ2) is 14.4. The molecule has 2 fully saturated rings. The zero-order chi connectivity index (χ0) is 25.8. The van der Waals surface area contributed by atoms with Gasteiger partial charge in [-0.2, -0.15) is 4.98 Å². The van der Waals surface area contributed by atoms with Gasteiger partial charge in [0.1, 0.15) is 5.82 Å². The number of para-hydroxylation sites is 1. The first-order valence-corrected chi connectivity index (χ1v) is 15.1. The summed E-state index contributed by atoms with van der Waals surface area (Å²) >= 11 is 0. The Kier molecular flexibility index (Phi) is 10.1. The number of benzene rings is 1. The van der Waals surface area contributed by atoms with Crippen LogP contribution in [-0.2, 0) is 13.1 Å². The lowest BCUT2D eigenvalue weighted by molar-refractivity contribution is 0.327. The summed E-state index contributed by atoms with van der Waals surface area (Å²) in [5.41, 5.74) is 0.930. The number of nitrogens with zero attached hydrogens (tertiary/aromatic N) is 6. The van der Waals surface area contributed by atoms with Crippen LogP contribution in [0.4, 0.5) is 11.8 Å². The second-order valence-electron chi connectivity index (χ2n) is 11.2. The summed E-state index contributed by atoms with van der Waals surface area (Å²) in [4.78, 5) is 9.58. The Morgan fingerprint density at radius 2 is 1.66 bits per heavy atom. The molecule has 0 bridgehead atoms. The summed E-state index contributed by atoms with van der Waals surface area (Å²) in [6.07, 6.45) is 18.8. The number of anilines is 2. The minimum absolute atomic E-state index is 0.423. The lowest BCUT2D eigenvalue weighted by Gasteiger charge is -2.25. The van der Waals surface area contributed by atoms with E-state index in [0.29, 0.717) is 18.5 Å². The Morgan fingerprint density at radius 3 is 2.53 bits per heavy atom. The molecular weight excluding hydrogens is 474 g/mol. The van der Waals surface area contributed by atoms with Gasteiger partial charge in [-0.15, -0.1) is 5.10 Å². The average Bonchev–Trinajstić information content (AvgIpc) is 3.42. The standard InChI is InChI=1S/C29H45N9/c1(3-6-12-23-13-7-5-8-14-23)2-4-11-21-38-27(35-36-37-38)22-31-29-33-26-16-10-9-15-25(26)28(34-29)32-24-17-19-30-20-18-24/h9-10,15-16,23-24,30H,1-8,11-14,17-22H2,(H2,31,32,33,34). The molecule has 3 heterocycles. The fraction of sp³-hybridized carbons (Fsp3) is 0.690. The van der Waals surface area contributed by atoms with E-state index in [1.165, 1.54) is 70.6 Å². The van der Waals surface area contributed by atoms with Gasteiger partial charge in [0.2, 0.25) is 5.95 Å². The van der Waals surface area contributed by atoms with E-state index in [1.54, 1.807) is 0 Å². The quantitative estimate of drug-likeness (QED) is 0.233. The number of hydrogen-bond acceptors (Lipinski definition) is 8. The highest BCUT2D eigenvalue weighted by atomic mass is 15.5. The number of aryl methyl sites for hydroxylation is 1. The Balaban J connectivity index is 1.06. The van der Waals surface area contributed by atoms with Crippen molar-refractivity contribution >= 4 is 22.7 Å². The third kappa shape index (κ3) is 7.85. The summed E-state index contributed by atoms with van der Waals surface area (Å²) in [5, 5.41) is 23.9. The number of nitrogens with one attached hydrogen (secondary N) is 3. The molecule has 9 heteroatoms. The van der Waals surface area contributed by atoms with Gasteiger partial charge in [0.15, 0.2) is 5.82 Å². The van der Waals surface area contributed by atoms with Crippen LogP contribution in [0.5, 0.6) is 0 Å². The molecule has 0 radical (unpaired) electrons. The fourth-order valence-electron chi connectivity index (χ4n) is 5.98. The molecule has 5 rings (SSSR count).